The molecule has 1 amide bonds. The Kier molecular flexibility index (Phi) is 4.87. The number of benzene rings is 2. The highest BCUT2D eigenvalue weighted by atomic mass is 35.5. The van der Waals surface area contributed by atoms with E-state index < -0.39 is 28.1 Å². The molecule has 2 aromatic carbocycles. The van der Waals surface area contributed by atoms with Crippen molar-refractivity contribution in [1.82, 2.24) is 5.43 Å². The molecule has 0 saturated carbocycles. The van der Waals surface area contributed by atoms with Crippen molar-refractivity contribution < 1.29 is 19.2 Å². The van der Waals surface area contributed by atoms with Crippen LogP contribution in [0.1, 0.15) is 15.9 Å². The molecule has 0 bridgehead atoms. The summed E-state index contributed by atoms with van der Waals surface area (Å²) in [6.45, 7) is 0. The van der Waals surface area contributed by atoms with Gasteiger partial charge in [-0.1, -0.05) is 17.7 Å². The molecule has 0 aliphatic carbocycles. The van der Waals surface area contributed by atoms with Gasteiger partial charge in [0, 0.05) is 22.2 Å². The third-order valence-corrected chi connectivity index (χ3v) is 2.96. The zero-order valence-corrected chi connectivity index (χ0v) is 12.1. The van der Waals surface area contributed by atoms with E-state index in [1.807, 2.05) is 0 Å². The summed E-state index contributed by atoms with van der Waals surface area (Å²) in [6, 6.07) is 7.17. The lowest BCUT2D eigenvalue weighted by Crippen LogP contribution is -2.17. The minimum atomic E-state index is -0.802. The second-order valence-corrected chi connectivity index (χ2v) is 4.77. The predicted octanol–water partition coefficient (Wildman–Crippen LogP) is 2.86. The Bertz CT molecular complexity index is 811. The molecule has 0 aliphatic rings. The van der Waals surface area contributed by atoms with Gasteiger partial charge in [-0.25, -0.2) is 9.82 Å². The Morgan fingerprint density at radius 1 is 1.39 bits per heavy atom. The van der Waals surface area contributed by atoms with Gasteiger partial charge in [-0.2, -0.15) is 5.10 Å². The first-order chi connectivity index (χ1) is 10.9. The SMILES string of the molecule is O=C(N/N=C\c1cc(Cl)cc([N+](=O)[O-])c1O)c1cccc(F)c1. The van der Waals surface area contributed by atoms with Crippen molar-refractivity contribution >= 4 is 29.4 Å². The van der Waals surface area contributed by atoms with E-state index >= 15 is 0 Å². The number of aromatic hydroxyl groups is 1. The van der Waals surface area contributed by atoms with E-state index in [1.165, 1.54) is 24.3 Å². The van der Waals surface area contributed by atoms with Crippen LogP contribution in [0.25, 0.3) is 0 Å². The average molecular weight is 338 g/mol. The summed E-state index contributed by atoms with van der Waals surface area (Å²) in [5.74, 6) is -1.90. The van der Waals surface area contributed by atoms with Gasteiger partial charge in [0.25, 0.3) is 5.91 Å². The Hall–Kier alpha value is -3.00. The van der Waals surface area contributed by atoms with Crippen LogP contribution in [-0.2, 0) is 0 Å². The van der Waals surface area contributed by atoms with E-state index in [2.05, 4.69) is 10.5 Å². The Morgan fingerprint density at radius 2 is 2.13 bits per heavy atom. The smallest absolute Gasteiger partial charge is 0.312 e. The predicted molar refractivity (Wildman–Crippen MR) is 81.2 cm³/mol. The van der Waals surface area contributed by atoms with Gasteiger partial charge in [-0.05, 0) is 24.3 Å². The lowest BCUT2D eigenvalue weighted by Gasteiger charge is -2.02. The molecule has 9 heteroatoms. The van der Waals surface area contributed by atoms with Crippen LogP contribution in [0.5, 0.6) is 5.75 Å². The van der Waals surface area contributed by atoms with Gasteiger partial charge in [0.15, 0.2) is 0 Å². The number of hydrazone groups is 1. The number of halogens is 2. The number of nitro groups is 1. The number of phenolic OH excluding ortho intramolecular Hbond substituents is 1. The van der Waals surface area contributed by atoms with Crippen molar-refractivity contribution in [3.05, 3.63) is 68.5 Å². The van der Waals surface area contributed by atoms with Crippen molar-refractivity contribution in [3.63, 3.8) is 0 Å². The second-order valence-electron chi connectivity index (χ2n) is 4.33. The Morgan fingerprint density at radius 3 is 2.78 bits per heavy atom. The van der Waals surface area contributed by atoms with Crippen molar-refractivity contribution in [2.45, 2.75) is 0 Å². The molecule has 0 unspecified atom stereocenters. The van der Waals surface area contributed by atoms with E-state index in [4.69, 9.17) is 11.6 Å². The highest BCUT2D eigenvalue weighted by molar-refractivity contribution is 6.31. The van der Waals surface area contributed by atoms with Crippen molar-refractivity contribution in [2.24, 2.45) is 5.10 Å². The maximum atomic E-state index is 13.0. The number of carbonyl (C=O) groups is 1. The van der Waals surface area contributed by atoms with Crippen LogP contribution >= 0.6 is 11.6 Å². The van der Waals surface area contributed by atoms with E-state index in [-0.39, 0.29) is 16.1 Å². The van der Waals surface area contributed by atoms with Crippen LogP contribution < -0.4 is 5.43 Å². The molecule has 0 radical (unpaired) electrons. The fourth-order valence-corrected chi connectivity index (χ4v) is 1.92. The number of nitrogens with one attached hydrogen (secondary N) is 1. The number of amides is 1. The maximum Gasteiger partial charge on any atom is 0.312 e. The molecule has 2 aromatic rings. The van der Waals surface area contributed by atoms with E-state index in [9.17, 15) is 24.4 Å². The van der Waals surface area contributed by atoms with Gasteiger partial charge in [0.2, 0.25) is 5.75 Å². The van der Waals surface area contributed by atoms with E-state index in [1.54, 1.807) is 0 Å². The number of nitrogens with zero attached hydrogens (tertiary/aromatic N) is 2. The third kappa shape index (κ3) is 4.01. The molecular weight excluding hydrogens is 329 g/mol. The van der Waals surface area contributed by atoms with Gasteiger partial charge in [0.05, 0.1) is 11.1 Å². The fourth-order valence-electron chi connectivity index (χ4n) is 1.70. The summed E-state index contributed by atoms with van der Waals surface area (Å²) >= 11 is 5.71. The van der Waals surface area contributed by atoms with Crippen LogP contribution in [0.2, 0.25) is 5.02 Å². The summed E-state index contributed by atoms with van der Waals surface area (Å²) in [5, 5.41) is 24.1. The van der Waals surface area contributed by atoms with Gasteiger partial charge in [-0.3, -0.25) is 14.9 Å². The summed E-state index contributed by atoms with van der Waals surface area (Å²) in [5.41, 5.74) is 1.52. The van der Waals surface area contributed by atoms with Crippen LogP contribution in [0.15, 0.2) is 41.5 Å². The van der Waals surface area contributed by atoms with Gasteiger partial charge >= 0.3 is 5.69 Å². The lowest BCUT2D eigenvalue weighted by atomic mass is 10.2. The van der Waals surface area contributed by atoms with Crippen molar-refractivity contribution in [3.8, 4) is 5.75 Å². The second kappa shape index (κ2) is 6.84. The first-order valence-electron chi connectivity index (χ1n) is 6.14. The summed E-state index contributed by atoms with van der Waals surface area (Å²) in [4.78, 5) is 21.7. The number of hydrogen-bond acceptors (Lipinski definition) is 5. The molecular formula is C14H9ClFN3O4. The fraction of sp³-hybridized carbons (Fsp3) is 0. The van der Waals surface area contributed by atoms with Crippen molar-refractivity contribution in [1.29, 1.82) is 0 Å². The topological polar surface area (TPSA) is 105 Å². The largest absolute Gasteiger partial charge is 0.502 e. The number of carbonyl (C=O) groups excluding carboxylic acids is 1. The molecule has 7 nitrogen and oxygen atoms in total. The standard InChI is InChI=1S/C14H9ClFN3O4/c15-10-4-9(13(20)12(6-10)19(22)23)7-17-18-14(21)8-2-1-3-11(16)5-8/h1-7,20H,(H,18,21)/b17-7-. The number of rotatable bonds is 4. The normalized spacial score (nSPS) is 10.7. The minimum absolute atomic E-state index is 0.0207. The Labute approximate surface area is 134 Å². The minimum Gasteiger partial charge on any atom is -0.502 e. The molecule has 0 spiro atoms. The van der Waals surface area contributed by atoms with Crippen LogP contribution in [0.3, 0.4) is 0 Å². The highest BCUT2D eigenvalue weighted by Crippen LogP contribution is 2.32. The summed E-state index contributed by atoms with van der Waals surface area (Å²) in [6.07, 6.45) is 0.991. The van der Waals surface area contributed by atoms with Crippen LogP contribution in [0, 0.1) is 15.9 Å². The van der Waals surface area contributed by atoms with Gasteiger partial charge in [-0.15, -0.1) is 0 Å². The Balaban J connectivity index is 2.18. The molecule has 0 aromatic heterocycles. The molecule has 2 rings (SSSR count). The molecule has 118 valence electrons. The van der Waals surface area contributed by atoms with E-state index in [0.29, 0.717) is 0 Å². The number of phenols is 1. The van der Waals surface area contributed by atoms with Gasteiger partial charge < -0.3 is 5.11 Å². The first-order valence-corrected chi connectivity index (χ1v) is 6.52. The maximum absolute atomic E-state index is 13.0. The highest BCUT2D eigenvalue weighted by Gasteiger charge is 2.17. The quantitative estimate of drug-likeness (QED) is 0.508. The number of hydrogen-bond donors (Lipinski definition) is 2. The monoisotopic (exact) mass is 337 g/mol. The van der Waals surface area contributed by atoms with E-state index in [0.717, 1.165) is 18.3 Å². The molecule has 0 atom stereocenters. The molecule has 0 saturated heterocycles. The molecule has 0 heterocycles. The van der Waals surface area contributed by atoms with Gasteiger partial charge in [0.1, 0.15) is 5.82 Å². The lowest BCUT2D eigenvalue weighted by molar-refractivity contribution is -0.385. The molecule has 2 N–H and O–H groups in total. The third-order valence-electron chi connectivity index (χ3n) is 2.74. The summed E-state index contributed by atoms with van der Waals surface area (Å²) < 4.78 is 13.0. The molecule has 0 aliphatic heterocycles. The molecule has 23 heavy (non-hydrogen) atoms. The van der Waals surface area contributed by atoms with Crippen LogP contribution in [-0.4, -0.2) is 22.2 Å². The zero-order valence-electron chi connectivity index (χ0n) is 11.4. The zero-order chi connectivity index (χ0) is 17.0. The van der Waals surface area contributed by atoms with Crippen molar-refractivity contribution in [2.75, 3.05) is 0 Å². The average Bonchev–Trinajstić information content (AvgIpc) is 2.49. The number of nitro benzene ring substituents is 1. The summed E-state index contributed by atoms with van der Waals surface area (Å²) in [7, 11) is 0. The molecule has 0 fully saturated rings. The first kappa shape index (κ1) is 16.4. The van der Waals surface area contributed by atoms with Crippen LogP contribution in [0.4, 0.5) is 10.1 Å².